The SMILES string of the molecule is COc1ccccc1OCC(=O)N1C[C@@H]2[C@@H](CN3CCCC3)CO[C@@H]2C1.O=C(O)C(F)(F)F. The number of fused-ring (bicyclic) bond motifs is 1. The highest BCUT2D eigenvalue weighted by Gasteiger charge is 2.45. The molecule has 3 fully saturated rings. The van der Waals surface area contributed by atoms with Crippen molar-refractivity contribution in [3.8, 4) is 11.5 Å². The third-order valence-corrected chi connectivity index (χ3v) is 6.15. The first-order valence-corrected chi connectivity index (χ1v) is 10.9. The molecule has 11 heteroatoms. The molecule has 1 aromatic carbocycles. The molecule has 0 aromatic heterocycles. The zero-order valence-corrected chi connectivity index (χ0v) is 18.4. The van der Waals surface area contributed by atoms with Crippen LogP contribution >= 0.6 is 0 Å². The van der Waals surface area contributed by atoms with Crippen LogP contribution in [0.15, 0.2) is 24.3 Å². The lowest BCUT2D eigenvalue weighted by Gasteiger charge is -2.24. The van der Waals surface area contributed by atoms with Crippen molar-refractivity contribution in [1.82, 2.24) is 9.80 Å². The number of nitrogens with zero attached hydrogens (tertiary/aromatic N) is 2. The van der Waals surface area contributed by atoms with Crippen molar-refractivity contribution in [3.05, 3.63) is 24.3 Å². The van der Waals surface area contributed by atoms with Gasteiger partial charge in [0.05, 0.1) is 19.8 Å². The maximum absolute atomic E-state index is 12.6. The summed E-state index contributed by atoms with van der Waals surface area (Å²) in [5.41, 5.74) is 0. The molecule has 3 aliphatic rings. The number of carbonyl (C=O) groups excluding carboxylic acids is 1. The van der Waals surface area contributed by atoms with Gasteiger partial charge in [0, 0.05) is 31.5 Å². The fourth-order valence-corrected chi connectivity index (χ4v) is 4.46. The molecule has 0 radical (unpaired) electrons. The van der Waals surface area contributed by atoms with Gasteiger partial charge in [-0.05, 0) is 38.1 Å². The predicted molar refractivity (Wildman–Crippen MR) is 111 cm³/mol. The van der Waals surface area contributed by atoms with Gasteiger partial charge >= 0.3 is 12.1 Å². The fraction of sp³-hybridized carbons (Fsp3) is 0.636. The molecule has 33 heavy (non-hydrogen) atoms. The van der Waals surface area contributed by atoms with Crippen molar-refractivity contribution >= 4 is 11.9 Å². The van der Waals surface area contributed by atoms with Gasteiger partial charge in [0.2, 0.25) is 0 Å². The van der Waals surface area contributed by atoms with E-state index in [9.17, 15) is 18.0 Å². The van der Waals surface area contributed by atoms with Crippen LogP contribution in [0.2, 0.25) is 0 Å². The first-order chi connectivity index (χ1) is 15.7. The maximum atomic E-state index is 12.6. The molecule has 3 atom stereocenters. The maximum Gasteiger partial charge on any atom is 0.490 e. The molecule has 0 aliphatic carbocycles. The van der Waals surface area contributed by atoms with Crippen molar-refractivity contribution in [2.45, 2.75) is 25.1 Å². The number of hydrogen-bond donors (Lipinski definition) is 1. The lowest BCUT2D eigenvalue weighted by atomic mass is 9.93. The van der Waals surface area contributed by atoms with E-state index in [4.69, 9.17) is 24.1 Å². The Balaban J connectivity index is 0.000000383. The van der Waals surface area contributed by atoms with Gasteiger partial charge in [0.15, 0.2) is 18.1 Å². The Hall–Kier alpha value is -2.53. The molecular formula is C22H29F3N2O6. The number of ether oxygens (including phenoxy) is 3. The molecule has 8 nitrogen and oxygen atoms in total. The molecule has 3 saturated heterocycles. The summed E-state index contributed by atoms with van der Waals surface area (Å²) in [5, 5.41) is 7.12. The molecule has 0 saturated carbocycles. The quantitative estimate of drug-likeness (QED) is 0.677. The summed E-state index contributed by atoms with van der Waals surface area (Å²) < 4.78 is 48.7. The van der Waals surface area contributed by atoms with Crippen LogP contribution in [0.3, 0.4) is 0 Å². The summed E-state index contributed by atoms with van der Waals surface area (Å²) in [6.07, 6.45) is -2.27. The second-order valence-corrected chi connectivity index (χ2v) is 8.34. The minimum absolute atomic E-state index is 0.0221. The molecule has 184 valence electrons. The number of methoxy groups -OCH3 is 1. The molecule has 0 unspecified atom stereocenters. The Bertz CT molecular complexity index is 816. The predicted octanol–water partition coefficient (Wildman–Crippen LogP) is 2.28. The van der Waals surface area contributed by atoms with E-state index < -0.39 is 12.1 Å². The van der Waals surface area contributed by atoms with E-state index in [1.807, 2.05) is 29.2 Å². The number of halogens is 3. The van der Waals surface area contributed by atoms with E-state index in [0.717, 1.165) is 19.7 Å². The van der Waals surface area contributed by atoms with Crippen molar-refractivity contribution in [2.75, 3.05) is 53.0 Å². The number of aliphatic carboxylic acids is 1. The lowest BCUT2D eigenvalue weighted by molar-refractivity contribution is -0.192. The Morgan fingerprint density at radius 1 is 1.15 bits per heavy atom. The van der Waals surface area contributed by atoms with Crippen LogP contribution in [-0.4, -0.2) is 92.1 Å². The largest absolute Gasteiger partial charge is 0.493 e. The van der Waals surface area contributed by atoms with Crippen LogP contribution in [0.5, 0.6) is 11.5 Å². The molecular weight excluding hydrogens is 445 g/mol. The smallest absolute Gasteiger partial charge is 0.490 e. The van der Waals surface area contributed by atoms with Crippen LogP contribution in [-0.2, 0) is 14.3 Å². The highest BCUT2D eigenvalue weighted by atomic mass is 19.4. The van der Waals surface area contributed by atoms with Gasteiger partial charge in [-0.1, -0.05) is 12.1 Å². The average Bonchev–Trinajstić information content (AvgIpc) is 3.51. The lowest BCUT2D eigenvalue weighted by Crippen LogP contribution is -2.36. The van der Waals surface area contributed by atoms with Crippen LogP contribution in [0.25, 0.3) is 0 Å². The molecule has 0 spiro atoms. The number of benzene rings is 1. The number of rotatable bonds is 6. The van der Waals surface area contributed by atoms with E-state index in [0.29, 0.717) is 29.9 Å². The number of hydrogen-bond acceptors (Lipinski definition) is 6. The van der Waals surface area contributed by atoms with Gasteiger partial charge in [0.25, 0.3) is 5.91 Å². The highest BCUT2D eigenvalue weighted by Crippen LogP contribution is 2.35. The summed E-state index contributed by atoms with van der Waals surface area (Å²) in [6.45, 7) is 5.89. The molecule has 0 bridgehead atoms. The fourth-order valence-electron chi connectivity index (χ4n) is 4.46. The van der Waals surface area contributed by atoms with Gasteiger partial charge in [-0.3, -0.25) is 4.79 Å². The van der Waals surface area contributed by atoms with E-state index in [-0.39, 0.29) is 18.6 Å². The van der Waals surface area contributed by atoms with E-state index in [2.05, 4.69) is 4.90 Å². The van der Waals surface area contributed by atoms with E-state index in [1.54, 1.807) is 7.11 Å². The summed E-state index contributed by atoms with van der Waals surface area (Å²) in [6, 6.07) is 7.41. The van der Waals surface area contributed by atoms with Gasteiger partial charge in [0.1, 0.15) is 0 Å². The molecule has 4 rings (SSSR count). The number of likely N-dealkylation sites (tertiary alicyclic amines) is 2. The summed E-state index contributed by atoms with van der Waals surface area (Å²) >= 11 is 0. The number of amides is 1. The highest BCUT2D eigenvalue weighted by molar-refractivity contribution is 5.78. The molecule has 1 aromatic rings. The van der Waals surface area contributed by atoms with E-state index in [1.165, 1.54) is 25.9 Å². The zero-order chi connectivity index (χ0) is 24.0. The van der Waals surface area contributed by atoms with Gasteiger partial charge in [-0.25, -0.2) is 4.79 Å². The Kier molecular flexibility index (Phi) is 8.41. The summed E-state index contributed by atoms with van der Waals surface area (Å²) in [5.74, 6) is -0.475. The number of alkyl halides is 3. The molecule has 3 aliphatic heterocycles. The Morgan fingerprint density at radius 3 is 2.39 bits per heavy atom. The number of carboxylic acid groups (broad SMARTS) is 1. The third kappa shape index (κ3) is 6.73. The Labute approximate surface area is 190 Å². The van der Waals surface area contributed by atoms with Gasteiger partial charge < -0.3 is 29.1 Å². The first kappa shape index (κ1) is 25.1. The van der Waals surface area contributed by atoms with Crippen LogP contribution in [0.4, 0.5) is 13.2 Å². The van der Waals surface area contributed by atoms with Crippen molar-refractivity contribution in [1.29, 1.82) is 0 Å². The number of carboxylic acids is 1. The van der Waals surface area contributed by atoms with Crippen molar-refractivity contribution in [2.24, 2.45) is 11.8 Å². The number of para-hydroxylation sites is 2. The van der Waals surface area contributed by atoms with Gasteiger partial charge in [-0.15, -0.1) is 0 Å². The minimum atomic E-state index is -5.08. The van der Waals surface area contributed by atoms with Crippen LogP contribution in [0, 0.1) is 11.8 Å². The van der Waals surface area contributed by atoms with Crippen molar-refractivity contribution in [3.63, 3.8) is 0 Å². The molecule has 1 N–H and O–H groups in total. The van der Waals surface area contributed by atoms with E-state index >= 15 is 0 Å². The second-order valence-electron chi connectivity index (χ2n) is 8.34. The topological polar surface area (TPSA) is 88.5 Å². The van der Waals surface area contributed by atoms with Gasteiger partial charge in [-0.2, -0.15) is 13.2 Å². The van der Waals surface area contributed by atoms with Crippen LogP contribution in [0.1, 0.15) is 12.8 Å². The zero-order valence-electron chi connectivity index (χ0n) is 18.4. The molecule has 3 heterocycles. The standard InChI is InChI=1S/C20H28N2O4.C2HF3O2/c1-24-17-6-2-3-7-18(17)26-14-20(23)22-11-16-15(13-25-19(16)12-22)10-21-8-4-5-9-21;3-2(4,5)1(6)7/h2-3,6-7,15-16,19H,4-5,8-14H2,1H3;(H,6,7)/t15-,16+,19+;/m0./s1. The normalized spacial score (nSPS) is 24.7. The average molecular weight is 474 g/mol. The Morgan fingerprint density at radius 2 is 1.79 bits per heavy atom. The molecule has 1 amide bonds. The second kappa shape index (κ2) is 11.1. The van der Waals surface area contributed by atoms with Crippen molar-refractivity contribution < 1.29 is 42.1 Å². The summed E-state index contributed by atoms with van der Waals surface area (Å²) in [4.78, 5) is 25.9. The number of carbonyl (C=O) groups is 2. The first-order valence-electron chi connectivity index (χ1n) is 10.9. The van der Waals surface area contributed by atoms with Crippen LogP contribution < -0.4 is 9.47 Å². The monoisotopic (exact) mass is 474 g/mol. The third-order valence-electron chi connectivity index (χ3n) is 6.15. The minimum Gasteiger partial charge on any atom is -0.493 e. The summed E-state index contributed by atoms with van der Waals surface area (Å²) in [7, 11) is 1.60.